The van der Waals surface area contributed by atoms with E-state index in [4.69, 9.17) is 23.3 Å². The van der Waals surface area contributed by atoms with Crippen molar-refractivity contribution >= 4 is 19.3 Å². The van der Waals surface area contributed by atoms with Gasteiger partial charge in [0.25, 0.3) is 11.8 Å². The van der Waals surface area contributed by atoms with Crippen molar-refractivity contribution in [2.45, 2.75) is 63.1 Å². The lowest BCUT2D eigenvalue weighted by Gasteiger charge is -2.26. The van der Waals surface area contributed by atoms with E-state index in [-0.39, 0.29) is 23.1 Å². The predicted molar refractivity (Wildman–Crippen MR) is 130 cm³/mol. The molecular weight excluding hydrogens is 527 g/mol. The van der Waals surface area contributed by atoms with Crippen molar-refractivity contribution in [1.82, 2.24) is 9.55 Å². The van der Waals surface area contributed by atoms with Crippen molar-refractivity contribution in [3.63, 3.8) is 0 Å². The van der Waals surface area contributed by atoms with E-state index >= 15 is 0 Å². The highest BCUT2D eigenvalue weighted by molar-refractivity contribution is 7.53. The lowest BCUT2D eigenvalue weighted by molar-refractivity contribution is -0.119. The molecule has 11 nitrogen and oxygen atoms in total. The van der Waals surface area contributed by atoms with Gasteiger partial charge in [0.2, 0.25) is 6.23 Å². The average Bonchev–Trinajstić information content (AvgIpc) is 3.50. The van der Waals surface area contributed by atoms with Crippen LogP contribution in [0, 0.1) is 0 Å². The van der Waals surface area contributed by atoms with Crippen LogP contribution >= 0.6 is 7.60 Å². The van der Waals surface area contributed by atoms with Crippen LogP contribution in [0.3, 0.4) is 0 Å². The van der Waals surface area contributed by atoms with E-state index in [0.717, 1.165) is 19.0 Å². The molecule has 1 amide bonds. The predicted octanol–water partition coefficient (Wildman–Crippen LogP) is 3.99. The molecule has 0 bridgehead atoms. The fourth-order valence-electron chi connectivity index (χ4n) is 4.29. The zero-order chi connectivity index (χ0) is 27.3. The Bertz CT molecular complexity index is 1350. The van der Waals surface area contributed by atoms with Gasteiger partial charge in [-0.05, 0) is 51.0 Å². The van der Waals surface area contributed by atoms with Crippen LogP contribution in [0.2, 0.25) is 0 Å². The lowest BCUT2D eigenvalue weighted by Crippen LogP contribution is -2.35. The van der Waals surface area contributed by atoms with Crippen molar-refractivity contribution in [2.75, 3.05) is 25.2 Å². The first-order chi connectivity index (χ1) is 17.8. The molecule has 38 heavy (non-hydrogen) atoms. The van der Waals surface area contributed by atoms with Gasteiger partial charge in [-0.25, -0.2) is 13.6 Å². The third-order valence-corrected chi connectivity index (χ3v) is 7.66. The zero-order valence-electron chi connectivity index (χ0n) is 21.0. The van der Waals surface area contributed by atoms with E-state index in [1.165, 1.54) is 12.7 Å². The maximum Gasteiger partial charge on any atom is 0.351 e. The van der Waals surface area contributed by atoms with Crippen molar-refractivity contribution in [2.24, 2.45) is 0 Å². The maximum atomic E-state index is 14.7. The number of carbonyl (C=O) groups is 1. The molecule has 2 aliphatic heterocycles. The van der Waals surface area contributed by atoms with Crippen molar-refractivity contribution in [3.05, 3.63) is 46.5 Å². The van der Waals surface area contributed by atoms with Crippen molar-refractivity contribution < 1.29 is 41.4 Å². The molecule has 1 aromatic heterocycles. The summed E-state index contributed by atoms with van der Waals surface area (Å²) in [5.74, 6) is -3.12. The average molecular weight is 555 g/mol. The van der Waals surface area contributed by atoms with Gasteiger partial charge in [0.1, 0.15) is 18.0 Å². The van der Waals surface area contributed by atoms with Crippen molar-refractivity contribution in [1.29, 1.82) is 0 Å². The van der Waals surface area contributed by atoms with E-state index in [1.807, 2.05) is 0 Å². The lowest BCUT2D eigenvalue weighted by atomic mass is 10.1. The minimum Gasteiger partial charge on any atom is -0.486 e. The van der Waals surface area contributed by atoms with Gasteiger partial charge in [-0.1, -0.05) is 0 Å². The monoisotopic (exact) mass is 555 g/mol. The first kappa shape index (κ1) is 26.7. The first-order valence-corrected chi connectivity index (χ1v) is 14.1. The number of halogens is 2. The minimum atomic E-state index is -3.46. The molecule has 1 spiro atoms. The highest BCUT2D eigenvalue weighted by Crippen LogP contribution is 2.48. The van der Waals surface area contributed by atoms with Gasteiger partial charge in [-0.3, -0.25) is 13.9 Å². The zero-order valence-corrected chi connectivity index (χ0v) is 21.9. The number of hydrogen-bond donors (Lipinski definition) is 1. The molecule has 3 atom stereocenters. The second kappa shape index (κ2) is 9.71. The number of anilines is 1. The fraction of sp³-hybridized carbons (Fsp3) is 0.542. The molecule has 1 aromatic carbocycles. The van der Waals surface area contributed by atoms with Gasteiger partial charge < -0.3 is 28.6 Å². The maximum absolute atomic E-state index is 14.7. The summed E-state index contributed by atoms with van der Waals surface area (Å²) in [5, 5.41) is 2.49. The summed E-state index contributed by atoms with van der Waals surface area (Å²) in [6.07, 6.45) is -1.38. The van der Waals surface area contributed by atoms with E-state index in [9.17, 15) is 22.9 Å². The Balaban J connectivity index is 1.24. The smallest absolute Gasteiger partial charge is 0.351 e. The van der Waals surface area contributed by atoms with Gasteiger partial charge in [0.15, 0.2) is 11.5 Å². The second-order valence-corrected chi connectivity index (χ2v) is 12.0. The standard InChI is InChI=1S/C24H28F2N3O8P/c1-14(2)37-38(3,32)34-12-16-11-24(25,26)21(35-16)29-9-6-19(28-22(29)31)27-20(30)15-4-5-17-18(10-15)36-23(7-8-23)13-33-17/h4-6,9-10,14,16,21H,7-8,11-13H2,1-3H3,(H,27,28,30,31)/t16-,21?,38-/m0/s1. The van der Waals surface area contributed by atoms with Crippen LogP contribution in [0.4, 0.5) is 14.6 Å². The molecule has 1 saturated carbocycles. The van der Waals surface area contributed by atoms with E-state index < -0.39 is 50.5 Å². The third kappa shape index (κ3) is 5.75. The number of nitrogens with one attached hydrogen (secondary N) is 1. The van der Waals surface area contributed by atoms with Crippen LogP contribution in [0.25, 0.3) is 0 Å². The summed E-state index contributed by atoms with van der Waals surface area (Å²) in [6, 6.07) is 5.93. The number of aromatic nitrogens is 2. The molecule has 0 radical (unpaired) electrons. The summed E-state index contributed by atoms with van der Waals surface area (Å²) < 4.78 is 69.7. The van der Waals surface area contributed by atoms with Gasteiger partial charge >= 0.3 is 13.3 Å². The SMILES string of the molecule is CC(C)O[P@@](C)(=O)OC[C@@H]1CC(F)(F)C(n2ccc(NC(=O)c3ccc4c(c3)OC3(CC3)CO4)nc2=O)O1. The highest BCUT2D eigenvalue weighted by Gasteiger charge is 2.52. The Morgan fingerprint density at radius 3 is 2.74 bits per heavy atom. The minimum absolute atomic E-state index is 0.122. The summed E-state index contributed by atoms with van der Waals surface area (Å²) >= 11 is 0. The molecule has 1 N–H and O–H groups in total. The Labute approximate surface area is 216 Å². The molecule has 3 heterocycles. The number of hydrogen-bond acceptors (Lipinski definition) is 9. The number of rotatable bonds is 8. The second-order valence-electron chi connectivity index (χ2n) is 9.99. The normalized spacial score (nSPS) is 24.3. The van der Waals surface area contributed by atoms with Crippen LogP contribution in [0.1, 0.15) is 49.7 Å². The summed E-state index contributed by atoms with van der Waals surface area (Å²) in [5.41, 5.74) is -1.11. The Morgan fingerprint density at radius 2 is 2.05 bits per heavy atom. The number of nitrogens with zero attached hydrogens (tertiary/aromatic N) is 2. The number of fused-ring (bicyclic) bond motifs is 1. The Kier molecular flexibility index (Phi) is 6.83. The van der Waals surface area contributed by atoms with Gasteiger partial charge in [-0.2, -0.15) is 4.98 Å². The molecule has 14 heteroatoms. The topological polar surface area (TPSA) is 127 Å². The van der Waals surface area contributed by atoms with Crippen molar-refractivity contribution in [3.8, 4) is 11.5 Å². The number of amides is 1. The van der Waals surface area contributed by atoms with Crippen LogP contribution in [0.5, 0.6) is 11.5 Å². The van der Waals surface area contributed by atoms with Gasteiger partial charge in [-0.15, -0.1) is 0 Å². The van der Waals surface area contributed by atoms with E-state index in [2.05, 4.69) is 10.3 Å². The third-order valence-electron chi connectivity index (χ3n) is 6.23. The van der Waals surface area contributed by atoms with E-state index in [0.29, 0.717) is 22.7 Å². The summed E-state index contributed by atoms with van der Waals surface area (Å²) in [7, 11) is -3.46. The Morgan fingerprint density at radius 1 is 1.29 bits per heavy atom. The molecule has 2 aromatic rings. The molecule has 5 rings (SSSR count). The molecule has 2 fully saturated rings. The number of benzene rings is 1. The van der Waals surface area contributed by atoms with E-state index in [1.54, 1.807) is 32.0 Å². The first-order valence-electron chi connectivity index (χ1n) is 12.1. The quantitative estimate of drug-likeness (QED) is 0.481. The number of carbonyl (C=O) groups excluding carboxylic acids is 1. The highest BCUT2D eigenvalue weighted by atomic mass is 31.2. The number of alkyl halides is 2. The molecule has 1 aliphatic carbocycles. The van der Waals surface area contributed by atoms with Crippen LogP contribution in [0.15, 0.2) is 35.3 Å². The molecular formula is C24H28F2N3O8P. The van der Waals surface area contributed by atoms with Crippen LogP contribution < -0.4 is 20.5 Å². The Hall–Kier alpha value is -2.86. The van der Waals surface area contributed by atoms with Crippen LogP contribution in [-0.2, 0) is 18.3 Å². The van der Waals surface area contributed by atoms with Gasteiger partial charge in [0.05, 0.1) is 18.8 Å². The number of ether oxygens (including phenoxy) is 3. The summed E-state index contributed by atoms with van der Waals surface area (Å²) in [6.45, 7) is 4.64. The summed E-state index contributed by atoms with van der Waals surface area (Å²) in [4.78, 5) is 29.1. The molecule has 1 unspecified atom stereocenters. The largest absolute Gasteiger partial charge is 0.486 e. The fourth-order valence-corrected chi connectivity index (χ4v) is 5.55. The molecule has 3 aliphatic rings. The molecule has 206 valence electrons. The van der Waals surface area contributed by atoms with Crippen LogP contribution in [-0.4, -0.2) is 59.1 Å². The molecule has 1 saturated heterocycles. The van der Waals surface area contributed by atoms with Gasteiger partial charge in [0, 0.05) is 24.8 Å².